The Labute approximate surface area is 111 Å². The van der Waals surface area contributed by atoms with Crippen LogP contribution in [-0.2, 0) is 4.79 Å². The maximum Gasteiger partial charge on any atom is 0.132 e. The molecule has 2 fully saturated rings. The molecule has 0 amide bonds. The third kappa shape index (κ3) is 4.94. The summed E-state index contributed by atoms with van der Waals surface area (Å²) in [6, 6.07) is 0. The van der Waals surface area contributed by atoms with Crippen LogP contribution in [0.3, 0.4) is 0 Å². The molecule has 0 saturated heterocycles. The first-order chi connectivity index (χ1) is 7.47. The first kappa shape index (κ1) is 16.9. The average Bonchev–Trinajstić information content (AvgIpc) is 1.96. The highest BCUT2D eigenvalue weighted by molar-refractivity contribution is 5.85. The second-order valence-electron chi connectivity index (χ2n) is 5.43. The van der Waals surface area contributed by atoms with E-state index in [1.54, 1.807) is 6.92 Å². The largest absolute Gasteiger partial charge is 0.389 e. The second-order valence-corrected chi connectivity index (χ2v) is 5.43. The Morgan fingerprint density at radius 3 is 1.82 bits per heavy atom. The molecular formula is C13H26ClNO2. The molecule has 3 N–H and O–H groups in total. The van der Waals surface area contributed by atoms with Gasteiger partial charge in [-0.2, -0.15) is 0 Å². The fourth-order valence-corrected chi connectivity index (χ4v) is 2.01. The van der Waals surface area contributed by atoms with E-state index in [9.17, 15) is 9.90 Å². The van der Waals surface area contributed by atoms with Gasteiger partial charge in [-0.05, 0) is 45.4 Å². The smallest absolute Gasteiger partial charge is 0.132 e. The number of hydrogen-bond donors (Lipinski definition) is 2. The van der Waals surface area contributed by atoms with Gasteiger partial charge in [-0.25, -0.2) is 0 Å². The molecule has 2 aliphatic rings. The van der Waals surface area contributed by atoms with Gasteiger partial charge in [-0.1, -0.05) is 12.8 Å². The molecule has 102 valence electrons. The normalized spacial score (nSPS) is 23.1. The zero-order chi connectivity index (χ0) is 12.2. The van der Waals surface area contributed by atoms with Crippen molar-refractivity contribution >= 4 is 18.2 Å². The van der Waals surface area contributed by atoms with Crippen LogP contribution in [0.5, 0.6) is 0 Å². The Bertz CT molecular complexity index is 236. The lowest BCUT2D eigenvalue weighted by atomic mass is 9.74. The van der Waals surface area contributed by atoms with Crippen LogP contribution < -0.4 is 5.73 Å². The number of ketones is 1. The van der Waals surface area contributed by atoms with Gasteiger partial charge in [-0.3, -0.25) is 4.79 Å². The maximum atomic E-state index is 10.4. The van der Waals surface area contributed by atoms with E-state index in [0.29, 0.717) is 24.2 Å². The van der Waals surface area contributed by atoms with Gasteiger partial charge in [0.2, 0.25) is 0 Å². The number of carbonyl (C=O) groups excluding carboxylic acids is 1. The van der Waals surface area contributed by atoms with Crippen molar-refractivity contribution in [2.45, 2.75) is 58.0 Å². The zero-order valence-electron chi connectivity index (χ0n) is 10.9. The van der Waals surface area contributed by atoms with E-state index >= 15 is 0 Å². The highest BCUT2D eigenvalue weighted by Crippen LogP contribution is 2.35. The molecular weight excluding hydrogens is 238 g/mol. The molecule has 0 bridgehead atoms. The van der Waals surface area contributed by atoms with Crippen LogP contribution in [0, 0.1) is 11.8 Å². The number of Topliss-reactive ketones (excluding diaryl/α,β-unsaturated/α-hetero) is 1. The summed E-state index contributed by atoms with van der Waals surface area (Å²) >= 11 is 0. The summed E-state index contributed by atoms with van der Waals surface area (Å²) in [7, 11) is 0. The van der Waals surface area contributed by atoms with Crippen molar-refractivity contribution in [3.63, 3.8) is 0 Å². The molecule has 1 unspecified atom stereocenters. The number of carbonyl (C=O) groups is 1. The van der Waals surface area contributed by atoms with E-state index in [-0.39, 0.29) is 12.4 Å². The molecule has 0 aromatic heterocycles. The minimum atomic E-state index is -0.585. The van der Waals surface area contributed by atoms with Crippen molar-refractivity contribution in [1.82, 2.24) is 0 Å². The first-order valence-electron chi connectivity index (χ1n) is 6.40. The van der Waals surface area contributed by atoms with E-state index in [2.05, 4.69) is 0 Å². The molecule has 1 atom stereocenters. The van der Waals surface area contributed by atoms with Gasteiger partial charge in [0.15, 0.2) is 0 Å². The fourth-order valence-electron chi connectivity index (χ4n) is 2.01. The predicted octanol–water partition coefficient (Wildman–Crippen LogP) is 2.29. The monoisotopic (exact) mass is 263 g/mol. The summed E-state index contributed by atoms with van der Waals surface area (Å²) in [6.45, 7) is 3.92. The molecule has 0 aliphatic heterocycles. The standard InChI is InChI=1S/C7H15NO.C6H10O.ClH/c1-7(9,5-8)6-3-2-4-6;1-5(7)6-3-2-4-6;/h6,9H,2-5,8H2,1H3;6H,2-4H2,1H3;1H. The van der Waals surface area contributed by atoms with Crippen LogP contribution in [0.4, 0.5) is 0 Å². The van der Waals surface area contributed by atoms with Crippen LogP contribution in [0.2, 0.25) is 0 Å². The number of aliphatic hydroxyl groups is 1. The molecule has 3 nitrogen and oxygen atoms in total. The molecule has 17 heavy (non-hydrogen) atoms. The lowest BCUT2D eigenvalue weighted by Gasteiger charge is -2.37. The molecule has 4 heteroatoms. The number of halogens is 1. The first-order valence-corrected chi connectivity index (χ1v) is 6.40. The van der Waals surface area contributed by atoms with Crippen LogP contribution in [0.1, 0.15) is 52.4 Å². The molecule has 2 aliphatic carbocycles. The Kier molecular flexibility index (Phi) is 7.29. The molecule has 0 radical (unpaired) electrons. The number of hydrogen-bond acceptors (Lipinski definition) is 3. The molecule has 0 aromatic carbocycles. The summed E-state index contributed by atoms with van der Waals surface area (Å²) in [6.07, 6.45) is 7.14. The van der Waals surface area contributed by atoms with Crippen molar-refractivity contribution in [2.75, 3.05) is 6.54 Å². The van der Waals surface area contributed by atoms with E-state index < -0.39 is 5.60 Å². The second kappa shape index (κ2) is 7.34. The SMILES string of the molecule is CC(=O)C1CCC1.CC(O)(CN)C1CCC1.Cl. The molecule has 0 aromatic rings. The van der Waals surface area contributed by atoms with Crippen LogP contribution in [-0.4, -0.2) is 23.0 Å². The summed E-state index contributed by atoms with van der Waals surface area (Å²) < 4.78 is 0. The predicted molar refractivity (Wildman–Crippen MR) is 72.3 cm³/mol. The highest BCUT2D eigenvalue weighted by atomic mass is 35.5. The minimum Gasteiger partial charge on any atom is -0.389 e. The molecule has 0 spiro atoms. The fraction of sp³-hybridized carbons (Fsp3) is 0.923. The average molecular weight is 264 g/mol. The summed E-state index contributed by atoms with van der Waals surface area (Å²) in [5.74, 6) is 1.30. The van der Waals surface area contributed by atoms with E-state index in [1.165, 1.54) is 12.8 Å². The van der Waals surface area contributed by atoms with Crippen molar-refractivity contribution < 1.29 is 9.90 Å². The molecule has 2 saturated carbocycles. The lowest BCUT2D eigenvalue weighted by Crippen LogP contribution is -2.44. The van der Waals surface area contributed by atoms with Gasteiger partial charge < -0.3 is 10.8 Å². The third-order valence-corrected chi connectivity index (χ3v) is 4.08. The minimum absolute atomic E-state index is 0. The summed E-state index contributed by atoms with van der Waals surface area (Å²) in [5, 5.41) is 9.52. The Morgan fingerprint density at radius 1 is 1.29 bits per heavy atom. The lowest BCUT2D eigenvalue weighted by molar-refractivity contribution is -0.122. The van der Waals surface area contributed by atoms with Gasteiger partial charge >= 0.3 is 0 Å². The van der Waals surface area contributed by atoms with Gasteiger partial charge in [0.25, 0.3) is 0 Å². The van der Waals surface area contributed by atoms with Crippen LogP contribution in [0.15, 0.2) is 0 Å². The molecule has 2 rings (SSSR count). The number of rotatable bonds is 3. The highest BCUT2D eigenvalue weighted by Gasteiger charge is 2.34. The third-order valence-electron chi connectivity index (χ3n) is 4.08. The Morgan fingerprint density at radius 2 is 1.76 bits per heavy atom. The number of nitrogens with two attached hydrogens (primary N) is 1. The van der Waals surface area contributed by atoms with Crippen molar-refractivity contribution in [3.05, 3.63) is 0 Å². The van der Waals surface area contributed by atoms with Gasteiger partial charge in [0.05, 0.1) is 5.60 Å². The van der Waals surface area contributed by atoms with Crippen LogP contribution >= 0.6 is 12.4 Å². The maximum absolute atomic E-state index is 10.4. The van der Waals surface area contributed by atoms with Crippen molar-refractivity contribution in [2.24, 2.45) is 17.6 Å². The van der Waals surface area contributed by atoms with Crippen LogP contribution in [0.25, 0.3) is 0 Å². The van der Waals surface area contributed by atoms with E-state index in [0.717, 1.165) is 25.7 Å². The zero-order valence-corrected chi connectivity index (χ0v) is 11.8. The Hall–Kier alpha value is -0.120. The summed E-state index contributed by atoms with van der Waals surface area (Å²) in [4.78, 5) is 10.4. The van der Waals surface area contributed by atoms with Gasteiger partial charge in [0, 0.05) is 12.5 Å². The quantitative estimate of drug-likeness (QED) is 0.821. The Balaban J connectivity index is 0.000000292. The van der Waals surface area contributed by atoms with E-state index in [1.807, 2.05) is 6.92 Å². The summed E-state index contributed by atoms with van der Waals surface area (Å²) in [5.41, 5.74) is 4.78. The van der Waals surface area contributed by atoms with E-state index in [4.69, 9.17) is 5.73 Å². The topological polar surface area (TPSA) is 63.3 Å². The van der Waals surface area contributed by atoms with Gasteiger partial charge in [0.1, 0.15) is 5.78 Å². The van der Waals surface area contributed by atoms with Crippen molar-refractivity contribution in [1.29, 1.82) is 0 Å². The van der Waals surface area contributed by atoms with Crippen molar-refractivity contribution in [3.8, 4) is 0 Å². The molecule has 0 heterocycles. The van der Waals surface area contributed by atoms with Gasteiger partial charge in [-0.15, -0.1) is 12.4 Å².